The van der Waals surface area contributed by atoms with E-state index in [9.17, 15) is 8.42 Å². The second-order valence-corrected chi connectivity index (χ2v) is 9.42. The van der Waals surface area contributed by atoms with Gasteiger partial charge < -0.3 is 15.4 Å². The van der Waals surface area contributed by atoms with E-state index in [2.05, 4.69) is 21.7 Å². The number of hydrogen-bond acceptors (Lipinski definition) is 4. The first-order valence-corrected chi connectivity index (χ1v) is 11.8. The molecule has 0 aliphatic carbocycles. The molecule has 1 aliphatic heterocycles. The van der Waals surface area contributed by atoms with E-state index in [1.165, 1.54) is 0 Å². The number of nitrogens with zero attached hydrogens (tertiary/aromatic N) is 1. The van der Waals surface area contributed by atoms with Crippen LogP contribution < -0.4 is 10.6 Å². The van der Waals surface area contributed by atoms with Gasteiger partial charge in [0.15, 0.2) is 15.8 Å². The second-order valence-electron chi connectivity index (χ2n) is 7.19. The number of rotatable bonds is 8. The van der Waals surface area contributed by atoms with Crippen molar-refractivity contribution in [3.63, 3.8) is 0 Å². The van der Waals surface area contributed by atoms with Crippen LogP contribution in [0.25, 0.3) is 0 Å². The zero-order valence-electron chi connectivity index (χ0n) is 16.8. The van der Waals surface area contributed by atoms with Gasteiger partial charge in [0, 0.05) is 12.6 Å². The van der Waals surface area contributed by atoms with Gasteiger partial charge in [-0.3, -0.25) is 0 Å². The summed E-state index contributed by atoms with van der Waals surface area (Å²) in [4.78, 5) is 4.67. The molecule has 1 aliphatic rings. The van der Waals surface area contributed by atoms with Gasteiger partial charge in [-0.15, -0.1) is 0 Å². The zero-order valence-corrected chi connectivity index (χ0v) is 17.6. The summed E-state index contributed by atoms with van der Waals surface area (Å²) >= 11 is 0. The molecule has 0 aromatic heterocycles. The SMILES string of the molecule is CCNC(=NCc1ccccc1COCc1ccccc1)NC1CCS(=O)(=O)C1. The summed E-state index contributed by atoms with van der Waals surface area (Å²) in [5, 5.41) is 6.46. The van der Waals surface area contributed by atoms with Crippen molar-refractivity contribution in [2.75, 3.05) is 18.1 Å². The van der Waals surface area contributed by atoms with Gasteiger partial charge in [0.2, 0.25) is 0 Å². The van der Waals surface area contributed by atoms with E-state index in [-0.39, 0.29) is 17.5 Å². The monoisotopic (exact) mass is 415 g/mol. The molecule has 2 aromatic rings. The van der Waals surface area contributed by atoms with Crippen LogP contribution in [-0.4, -0.2) is 38.5 Å². The van der Waals surface area contributed by atoms with Crippen molar-refractivity contribution in [1.82, 2.24) is 10.6 Å². The normalized spacial score (nSPS) is 18.5. The van der Waals surface area contributed by atoms with E-state index >= 15 is 0 Å². The van der Waals surface area contributed by atoms with E-state index in [0.29, 0.717) is 38.7 Å². The van der Waals surface area contributed by atoms with Gasteiger partial charge in [0.05, 0.1) is 31.3 Å². The average Bonchev–Trinajstić information content (AvgIpc) is 3.06. The number of sulfone groups is 1. The molecule has 0 radical (unpaired) electrons. The van der Waals surface area contributed by atoms with Crippen LogP contribution in [0.15, 0.2) is 59.6 Å². The van der Waals surface area contributed by atoms with Gasteiger partial charge in [-0.05, 0) is 30.0 Å². The summed E-state index contributed by atoms with van der Waals surface area (Å²) in [6.45, 7) is 4.30. The maximum absolute atomic E-state index is 11.7. The number of hydrogen-bond donors (Lipinski definition) is 2. The summed E-state index contributed by atoms with van der Waals surface area (Å²) in [6, 6.07) is 18.1. The Morgan fingerprint density at radius 1 is 1.07 bits per heavy atom. The Labute approximate surface area is 173 Å². The molecule has 1 heterocycles. The number of aliphatic imine (C=N–C) groups is 1. The van der Waals surface area contributed by atoms with Gasteiger partial charge in [0.1, 0.15) is 0 Å². The quantitative estimate of drug-likeness (QED) is 0.512. The molecular weight excluding hydrogens is 386 g/mol. The molecule has 1 atom stereocenters. The zero-order chi connectivity index (χ0) is 20.5. The third-order valence-corrected chi connectivity index (χ3v) is 6.58. The van der Waals surface area contributed by atoms with Crippen LogP contribution >= 0.6 is 0 Å². The largest absolute Gasteiger partial charge is 0.372 e. The van der Waals surface area contributed by atoms with E-state index < -0.39 is 9.84 Å². The van der Waals surface area contributed by atoms with Crippen molar-refractivity contribution in [2.24, 2.45) is 4.99 Å². The number of nitrogens with one attached hydrogen (secondary N) is 2. The highest BCUT2D eigenvalue weighted by atomic mass is 32.2. The van der Waals surface area contributed by atoms with E-state index in [0.717, 1.165) is 16.7 Å². The summed E-state index contributed by atoms with van der Waals surface area (Å²) < 4.78 is 29.3. The lowest BCUT2D eigenvalue weighted by Gasteiger charge is -2.16. The molecule has 2 N–H and O–H groups in total. The van der Waals surface area contributed by atoms with Crippen LogP contribution in [0.1, 0.15) is 30.0 Å². The van der Waals surface area contributed by atoms with Crippen LogP contribution in [0, 0.1) is 0 Å². The van der Waals surface area contributed by atoms with Crippen molar-refractivity contribution in [1.29, 1.82) is 0 Å². The maximum atomic E-state index is 11.7. The molecule has 1 fully saturated rings. The minimum absolute atomic E-state index is 0.0813. The Morgan fingerprint density at radius 2 is 1.79 bits per heavy atom. The molecule has 0 saturated carbocycles. The second kappa shape index (κ2) is 10.4. The highest BCUT2D eigenvalue weighted by Crippen LogP contribution is 2.14. The van der Waals surface area contributed by atoms with Gasteiger partial charge in [-0.25, -0.2) is 13.4 Å². The molecule has 0 bridgehead atoms. The Bertz CT molecular complexity index is 914. The predicted molar refractivity (Wildman–Crippen MR) is 116 cm³/mol. The lowest BCUT2D eigenvalue weighted by Crippen LogP contribution is -2.44. The van der Waals surface area contributed by atoms with Crippen LogP contribution in [0.4, 0.5) is 0 Å². The number of guanidine groups is 1. The van der Waals surface area contributed by atoms with E-state index in [1.54, 1.807) is 0 Å². The molecule has 0 amide bonds. The lowest BCUT2D eigenvalue weighted by atomic mass is 10.1. The van der Waals surface area contributed by atoms with Gasteiger partial charge >= 0.3 is 0 Å². The fraction of sp³-hybridized carbons (Fsp3) is 0.409. The number of benzene rings is 2. The van der Waals surface area contributed by atoms with Crippen molar-refractivity contribution in [3.8, 4) is 0 Å². The summed E-state index contributed by atoms with van der Waals surface area (Å²) in [6.07, 6.45) is 0.622. The molecule has 2 aromatic carbocycles. The van der Waals surface area contributed by atoms with Crippen molar-refractivity contribution in [2.45, 2.75) is 39.1 Å². The first-order chi connectivity index (χ1) is 14.1. The first kappa shape index (κ1) is 21.3. The van der Waals surface area contributed by atoms with Crippen LogP contribution in [-0.2, 0) is 34.3 Å². The molecule has 0 spiro atoms. The molecule has 1 saturated heterocycles. The lowest BCUT2D eigenvalue weighted by molar-refractivity contribution is 0.106. The molecule has 29 heavy (non-hydrogen) atoms. The molecule has 1 unspecified atom stereocenters. The maximum Gasteiger partial charge on any atom is 0.191 e. The molecule has 7 heteroatoms. The van der Waals surface area contributed by atoms with Gasteiger partial charge in [-0.1, -0.05) is 54.6 Å². The van der Waals surface area contributed by atoms with Crippen molar-refractivity contribution < 1.29 is 13.2 Å². The average molecular weight is 416 g/mol. The Morgan fingerprint density at radius 3 is 2.48 bits per heavy atom. The van der Waals surface area contributed by atoms with Crippen LogP contribution in [0.2, 0.25) is 0 Å². The first-order valence-electron chi connectivity index (χ1n) is 9.99. The fourth-order valence-electron chi connectivity index (χ4n) is 3.29. The Balaban J connectivity index is 1.60. The van der Waals surface area contributed by atoms with Crippen molar-refractivity contribution >= 4 is 15.8 Å². The third kappa shape index (κ3) is 6.87. The Hall–Kier alpha value is -2.38. The molecule has 3 rings (SSSR count). The Kier molecular flexibility index (Phi) is 7.66. The smallest absolute Gasteiger partial charge is 0.191 e. The minimum Gasteiger partial charge on any atom is -0.372 e. The third-order valence-electron chi connectivity index (χ3n) is 4.81. The summed E-state index contributed by atoms with van der Waals surface area (Å²) in [5.74, 6) is 1.06. The van der Waals surface area contributed by atoms with Gasteiger partial charge in [-0.2, -0.15) is 0 Å². The molecular formula is C22H29N3O3S. The minimum atomic E-state index is -2.92. The highest BCUT2D eigenvalue weighted by molar-refractivity contribution is 7.91. The highest BCUT2D eigenvalue weighted by Gasteiger charge is 2.28. The van der Waals surface area contributed by atoms with Crippen LogP contribution in [0.3, 0.4) is 0 Å². The predicted octanol–water partition coefficient (Wildman–Crippen LogP) is 2.65. The van der Waals surface area contributed by atoms with Gasteiger partial charge in [0.25, 0.3) is 0 Å². The van der Waals surface area contributed by atoms with Crippen LogP contribution in [0.5, 0.6) is 0 Å². The number of ether oxygens (including phenoxy) is 1. The summed E-state index contributed by atoms with van der Waals surface area (Å²) in [5.41, 5.74) is 3.34. The van der Waals surface area contributed by atoms with Crippen molar-refractivity contribution in [3.05, 3.63) is 71.3 Å². The topological polar surface area (TPSA) is 79.8 Å². The van der Waals surface area contributed by atoms with E-state index in [1.807, 2.05) is 55.5 Å². The molecule has 6 nitrogen and oxygen atoms in total. The summed E-state index contributed by atoms with van der Waals surface area (Å²) in [7, 11) is -2.92. The van der Waals surface area contributed by atoms with E-state index in [4.69, 9.17) is 4.74 Å². The molecule has 156 valence electrons. The fourth-order valence-corrected chi connectivity index (χ4v) is 4.97. The standard InChI is InChI=1S/C22H29N3O3S/c1-2-23-22(25-21-12-13-29(26,27)17-21)24-14-19-10-6-7-11-20(19)16-28-15-18-8-4-3-5-9-18/h3-11,21H,2,12-17H2,1H3,(H2,23,24,25).